The zero-order valence-corrected chi connectivity index (χ0v) is 31.2. The third-order valence-corrected chi connectivity index (χ3v) is 9.98. The number of rotatable bonds is 14. The number of likely N-dealkylation sites (N-methyl/N-ethyl adjacent to an activating group) is 1. The molecule has 1 aliphatic carbocycles. The number of amides is 2. The van der Waals surface area contributed by atoms with Crippen LogP contribution in [0.25, 0.3) is 22.4 Å². The smallest absolute Gasteiger partial charge is 0.421 e. The van der Waals surface area contributed by atoms with Gasteiger partial charge in [0.2, 0.25) is 29.5 Å². The summed E-state index contributed by atoms with van der Waals surface area (Å²) in [7, 11) is 6.06. The van der Waals surface area contributed by atoms with E-state index in [0.717, 1.165) is 40.3 Å². The summed E-state index contributed by atoms with van der Waals surface area (Å²) in [6, 6.07) is 16.1. The van der Waals surface area contributed by atoms with Gasteiger partial charge in [0.15, 0.2) is 0 Å². The van der Waals surface area contributed by atoms with Crippen LogP contribution in [0.15, 0.2) is 54.6 Å². The minimum atomic E-state index is -4.76. The molecular weight excluding hydrogens is 725 g/mol. The predicted molar refractivity (Wildman–Crippen MR) is 197 cm³/mol. The second-order valence-electron chi connectivity index (χ2n) is 13.4. The Morgan fingerprint density at radius 3 is 2.31 bits per heavy atom. The first kappa shape index (κ1) is 38.8. The van der Waals surface area contributed by atoms with E-state index in [2.05, 4.69) is 20.9 Å². The zero-order chi connectivity index (χ0) is 38.6. The average Bonchev–Trinajstić information content (AvgIpc) is 3.76. The second kappa shape index (κ2) is 16.6. The molecule has 11 nitrogen and oxygen atoms in total. The van der Waals surface area contributed by atoms with Crippen LogP contribution in [-0.4, -0.2) is 74.1 Å². The van der Waals surface area contributed by atoms with Crippen LogP contribution in [0.4, 0.5) is 13.2 Å². The van der Waals surface area contributed by atoms with Crippen LogP contribution >= 0.6 is 11.6 Å². The second-order valence-corrected chi connectivity index (χ2v) is 13.8. The molecule has 1 saturated heterocycles. The van der Waals surface area contributed by atoms with Crippen molar-refractivity contribution in [2.24, 2.45) is 0 Å². The lowest BCUT2D eigenvalue weighted by Crippen LogP contribution is -2.35. The van der Waals surface area contributed by atoms with Gasteiger partial charge < -0.3 is 35.1 Å². The third kappa shape index (κ3) is 8.56. The monoisotopic (exact) mass is 766 g/mol. The molecule has 0 unspecified atom stereocenters. The maximum Gasteiger partial charge on any atom is 0.421 e. The fourth-order valence-corrected chi connectivity index (χ4v) is 7.11. The van der Waals surface area contributed by atoms with Gasteiger partial charge in [0, 0.05) is 68.4 Å². The Morgan fingerprint density at radius 1 is 0.907 bits per heavy atom. The molecule has 54 heavy (non-hydrogen) atoms. The number of carbonyl (C=O) groups is 2. The van der Waals surface area contributed by atoms with Gasteiger partial charge in [-0.3, -0.25) is 9.59 Å². The van der Waals surface area contributed by atoms with Gasteiger partial charge in [-0.05, 0) is 48.1 Å². The number of nitrogens with zero attached hydrogens (tertiary/aromatic N) is 3. The first-order chi connectivity index (χ1) is 25.9. The maximum absolute atomic E-state index is 14.4. The first-order valence-corrected chi connectivity index (χ1v) is 17.9. The number of methoxy groups -OCH3 is 2. The maximum atomic E-state index is 14.4. The Hall–Kier alpha value is -4.92. The van der Waals surface area contributed by atoms with Crippen molar-refractivity contribution in [3.05, 3.63) is 87.4 Å². The minimum absolute atomic E-state index is 0.0352. The SMILES string of the molecule is COc1nc(-c2cccc(-c3cccc4c3CC[C@@H]4Oc3nc(OC)c(CNCC(=O)N(C)C)cc3C(F)(F)F)c2Cl)ccc1CNC[C@@H]1CCC(=O)N1. The van der Waals surface area contributed by atoms with E-state index in [1.165, 1.54) is 12.0 Å². The average molecular weight is 767 g/mol. The van der Waals surface area contributed by atoms with Crippen molar-refractivity contribution < 1.29 is 37.0 Å². The highest BCUT2D eigenvalue weighted by Gasteiger charge is 2.39. The van der Waals surface area contributed by atoms with Crippen LogP contribution in [0.2, 0.25) is 5.02 Å². The first-order valence-electron chi connectivity index (χ1n) is 17.6. The summed E-state index contributed by atoms with van der Waals surface area (Å²) in [6.45, 7) is 1.00. The van der Waals surface area contributed by atoms with Crippen molar-refractivity contribution >= 4 is 23.4 Å². The standard InChI is InChI=1S/C39H42ClF3N6O5/c1-49(2)34(51)21-45-19-23-17-30(39(41,42)43)38(48-37(23)53-4)54-32-15-13-26-25(7-5-8-27(26)32)28-9-6-10-29(35(28)40)31-14-11-22(36(47-31)52-3)18-44-20-24-12-16-33(50)46-24/h5-11,14,17,24,32,44-45H,12-13,15-16,18-21H2,1-4H3,(H,46,50)/t24-,32-/m0/s1. The van der Waals surface area contributed by atoms with Gasteiger partial charge in [-0.1, -0.05) is 54.1 Å². The van der Waals surface area contributed by atoms with Crippen molar-refractivity contribution in [2.75, 3.05) is 41.4 Å². The molecule has 15 heteroatoms. The van der Waals surface area contributed by atoms with E-state index in [0.29, 0.717) is 54.5 Å². The molecule has 1 aliphatic heterocycles. The Bertz CT molecular complexity index is 2030. The number of pyridine rings is 2. The number of carbonyl (C=O) groups excluding carboxylic acids is 2. The van der Waals surface area contributed by atoms with Crippen molar-refractivity contribution in [1.82, 2.24) is 30.8 Å². The highest BCUT2D eigenvalue weighted by atomic mass is 35.5. The molecule has 1 fully saturated rings. The Kier molecular flexibility index (Phi) is 11.9. The van der Waals surface area contributed by atoms with E-state index in [1.54, 1.807) is 21.2 Å². The molecule has 2 atom stereocenters. The molecule has 2 aliphatic rings. The number of hydrogen-bond acceptors (Lipinski definition) is 9. The van der Waals surface area contributed by atoms with Crippen LogP contribution in [0.3, 0.4) is 0 Å². The van der Waals surface area contributed by atoms with Gasteiger partial charge in [0.25, 0.3) is 0 Å². The van der Waals surface area contributed by atoms with E-state index in [4.69, 9.17) is 30.8 Å². The van der Waals surface area contributed by atoms with E-state index >= 15 is 0 Å². The number of hydrogen-bond donors (Lipinski definition) is 3. The van der Waals surface area contributed by atoms with Gasteiger partial charge in [0.1, 0.15) is 11.7 Å². The molecule has 2 aromatic carbocycles. The van der Waals surface area contributed by atoms with E-state index in [-0.39, 0.29) is 42.4 Å². The highest BCUT2D eigenvalue weighted by molar-refractivity contribution is 6.36. The minimum Gasteiger partial charge on any atom is -0.481 e. The van der Waals surface area contributed by atoms with Crippen molar-refractivity contribution in [1.29, 1.82) is 0 Å². The Labute approximate surface area is 316 Å². The number of nitrogens with one attached hydrogen (secondary N) is 3. The van der Waals surface area contributed by atoms with Crippen molar-refractivity contribution in [2.45, 2.75) is 57.1 Å². The lowest BCUT2D eigenvalue weighted by atomic mass is 9.94. The normalized spacial score (nSPS) is 16.6. The lowest BCUT2D eigenvalue weighted by Gasteiger charge is -2.21. The number of ether oxygens (including phenoxy) is 3. The van der Waals surface area contributed by atoms with Gasteiger partial charge >= 0.3 is 6.18 Å². The van der Waals surface area contributed by atoms with Crippen LogP contribution in [-0.2, 0) is 35.3 Å². The van der Waals surface area contributed by atoms with Crippen molar-refractivity contribution in [3.8, 4) is 40.0 Å². The number of halogens is 4. The fraction of sp³-hybridized carbons (Fsp3) is 0.385. The fourth-order valence-electron chi connectivity index (χ4n) is 6.79. The summed E-state index contributed by atoms with van der Waals surface area (Å²) in [4.78, 5) is 33.8. The number of aromatic nitrogens is 2. The van der Waals surface area contributed by atoms with Crippen LogP contribution in [0.1, 0.15) is 53.2 Å². The quantitative estimate of drug-likeness (QED) is 0.139. The van der Waals surface area contributed by atoms with Gasteiger partial charge in [-0.15, -0.1) is 0 Å². The molecule has 0 bridgehead atoms. The molecule has 3 heterocycles. The molecule has 2 amide bonds. The topological polar surface area (TPSA) is 127 Å². The summed E-state index contributed by atoms with van der Waals surface area (Å²) >= 11 is 7.10. The summed E-state index contributed by atoms with van der Waals surface area (Å²) in [5.74, 6) is -0.330. The largest absolute Gasteiger partial charge is 0.481 e. The van der Waals surface area contributed by atoms with Crippen LogP contribution in [0, 0.1) is 0 Å². The van der Waals surface area contributed by atoms with Gasteiger partial charge in [-0.2, -0.15) is 18.2 Å². The van der Waals surface area contributed by atoms with Crippen molar-refractivity contribution in [3.63, 3.8) is 0 Å². The van der Waals surface area contributed by atoms with Gasteiger partial charge in [0.05, 0.1) is 31.5 Å². The molecule has 6 rings (SSSR count). The summed E-state index contributed by atoms with van der Waals surface area (Å²) in [5, 5.41) is 9.63. The van der Waals surface area contributed by atoms with Gasteiger partial charge in [-0.25, -0.2) is 4.98 Å². The van der Waals surface area contributed by atoms with Crippen LogP contribution in [0.5, 0.6) is 17.6 Å². The summed E-state index contributed by atoms with van der Waals surface area (Å²) in [5.41, 5.74) is 4.51. The lowest BCUT2D eigenvalue weighted by molar-refractivity contribution is -0.139. The van der Waals surface area contributed by atoms with Crippen LogP contribution < -0.4 is 30.2 Å². The summed E-state index contributed by atoms with van der Waals surface area (Å²) in [6.07, 6.45) is -3.18. The number of alkyl halides is 3. The molecule has 3 N–H and O–H groups in total. The highest BCUT2D eigenvalue weighted by Crippen LogP contribution is 2.46. The molecule has 0 saturated carbocycles. The Balaban J connectivity index is 1.23. The predicted octanol–water partition coefficient (Wildman–Crippen LogP) is 6.11. The Morgan fingerprint density at radius 2 is 1.61 bits per heavy atom. The van der Waals surface area contributed by atoms with E-state index in [1.807, 2.05) is 48.5 Å². The molecule has 2 aromatic heterocycles. The molecule has 0 radical (unpaired) electrons. The number of fused-ring (bicyclic) bond motifs is 1. The molecular formula is C39H42ClF3N6O5. The zero-order valence-electron chi connectivity index (χ0n) is 30.4. The number of benzene rings is 2. The molecule has 0 spiro atoms. The van der Waals surface area contributed by atoms with E-state index in [9.17, 15) is 22.8 Å². The molecule has 286 valence electrons. The molecule has 4 aromatic rings. The van der Waals surface area contributed by atoms with E-state index < -0.39 is 23.7 Å². The third-order valence-electron chi connectivity index (χ3n) is 9.57. The summed E-state index contributed by atoms with van der Waals surface area (Å²) < 4.78 is 60.3.